The number of rotatable bonds is 2. The fourth-order valence-corrected chi connectivity index (χ4v) is 3.97. The summed E-state index contributed by atoms with van der Waals surface area (Å²) < 4.78 is 0. The maximum atomic E-state index is 3.65. The largest absolute Gasteiger partial charge is 0.311 e. The van der Waals surface area contributed by atoms with E-state index in [0.717, 1.165) is 12.0 Å². The summed E-state index contributed by atoms with van der Waals surface area (Å²) in [6.45, 7) is 12.3. The number of piperidine rings is 1. The predicted octanol–water partition coefficient (Wildman–Crippen LogP) is 2.45. The highest BCUT2D eigenvalue weighted by molar-refractivity contribution is 7.99. The van der Waals surface area contributed by atoms with Crippen molar-refractivity contribution < 1.29 is 0 Å². The van der Waals surface area contributed by atoms with Gasteiger partial charge in [-0.15, -0.1) is 0 Å². The molecule has 0 aromatic heterocycles. The van der Waals surface area contributed by atoms with Crippen LogP contribution in [0.4, 0.5) is 0 Å². The molecule has 0 radical (unpaired) electrons. The Balaban J connectivity index is 1.71. The summed E-state index contributed by atoms with van der Waals surface area (Å²) in [6.07, 6.45) is 2.78. The van der Waals surface area contributed by atoms with Gasteiger partial charge in [-0.05, 0) is 37.3 Å². The topological polar surface area (TPSA) is 15.3 Å². The summed E-state index contributed by atoms with van der Waals surface area (Å²) in [6, 6.07) is 0.736. The molecule has 1 unspecified atom stereocenters. The average molecular weight is 256 g/mol. The molecule has 2 rings (SSSR count). The van der Waals surface area contributed by atoms with Crippen molar-refractivity contribution in [2.45, 2.75) is 39.7 Å². The molecule has 0 aromatic rings. The third-order valence-corrected chi connectivity index (χ3v) is 5.42. The summed E-state index contributed by atoms with van der Waals surface area (Å²) in [5, 5.41) is 3.65. The van der Waals surface area contributed by atoms with Crippen LogP contribution in [0.5, 0.6) is 0 Å². The lowest BCUT2D eigenvalue weighted by molar-refractivity contribution is 0.107. The molecule has 17 heavy (non-hydrogen) atoms. The highest BCUT2D eigenvalue weighted by Gasteiger charge is 2.29. The van der Waals surface area contributed by atoms with Crippen LogP contribution in [0.25, 0.3) is 0 Å². The lowest BCUT2D eigenvalue weighted by atomic mass is 9.75. The first-order valence-corrected chi connectivity index (χ1v) is 8.24. The van der Waals surface area contributed by atoms with E-state index < -0.39 is 0 Å². The third kappa shape index (κ3) is 4.15. The molecule has 3 heteroatoms. The van der Waals surface area contributed by atoms with Crippen molar-refractivity contribution in [2.75, 3.05) is 37.7 Å². The van der Waals surface area contributed by atoms with Crippen LogP contribution in [0.15, 0.2) is 0 Å². The number of likely N-dealkylation sites (tertiary alicyclic amines) is 1. The Bertz CT molecular complexity index is 223. The lowest BCUT2D eigenvalue weighted by Gasteiger charge is -2.40. The fraction of sp³-hybridized carbons (Fsp3) is 1.00. The number of hydrogen-bond donors (Lipinski definition) is 1. The zero-order valence-corrected chi connectivity index (χ0v) is 12.5. The van der Waals surface area contributed by atoms with E-state index in [-0.39, 0.29) is 0 Å². The number of nitrogens with one attached hydrogen (secondary N) is 1. The normalized spacial score (nSPS) is 29.5. The van der Waals surface area contributed by atoms with E-state index >= 15 is 0 Å². The van der Waals surface area contributed by atoms with Crippen LogP contribution in [-0.2, 0) is 0 Å². The molecule has 0 aliphatic carbocycles. The van der Waals surface area contributed by atoms with Crippen molar-refractivity contribution in [3.8, 4) is 0 Å². The fourth-order valence-electron chi connectivity index (χ4n) is 3.03. The van der Waals surface area contributed by atoms with E-state index in [9.17, 15) is 0 Å². The van der Waals surface area contributed by atoms with Crippen LogP contribution >= 0.6 is 11.8 Å². The Kier molecular flexibility index (Phi) is 4.79. The molecule has 2 fully saturated rings. The number of thioether (sulfide) groups is 1. The minimum absolute atomic E-state index is 0.505. The molecule has 1 N–H and O–H groups in total. The maximum absolute atomic E-state index is 3.65. The van der Waals surface area contributed by atoms with Gasteiger partial charge in [-0.25, -0.2) is 0 Å². The van der Waals surface area contributed by atoms with E-state index in [1.165, 1.54) is 50.5 Å². The molecule has 2 nitrogen and oxygen atoms in total. The third-order valence-electron chi connectivity index (χ3n) is 4.29. The molecule has 0 amide bonds. The Morgan fingerprint density at radius 2 is 1.94 bits per heavy atom. The summed E-state index contributed by atoms with van der Waals surface area (Å²) in [4.78, 5) is 2.67. The lowest BCUT2D eigenvalue weighted by Crippen LogP contribution is -2.48. The Hall–Kier alpha value is 0.270. The smallest absolute Gasteiger partial charge is 0.0285 e. The second-order valence-electron chi connectivity index (χ2n) is 6.67. The molecule has 0 bridgehead atoms. The first kappa shape index (κ1) is 13.7. The minimum atomic E-state index is 0.505. The van der Waals surface area contributed by atoms with Crippen molar-refractivity contribution in [3.05, 3.63) is 0 Å². The van der Waals surface area contributed by atoms with Gasteiger partial charge < -0.3 is 10.2 Å². The first-order valence-electron chi connectivity index (χ1n) is 7.09. The minimum Gasteiger partial charge on any atom is -0.311 e. The van der Waals surface area contributed by atoms with Crippen molar-refractivity contribution >= 4 is 11.8 Å². The maximum Gasteiger partial charge on any atom is 0.0285 e. The molecule has 0 saturated carbocycles. The molecule has 0 aromatic carbocycles. The molecular formula is C14H28N2S. The van der Waals surface area contributed by atoms with Gasteiger partial charge in [-0.2, -0.15) is 11.8 Å². The molecular weight excluding hydrogens is 228 g/mol. The van der Waals surface area contributed by atoms with Crippen molar-refractivity contribution in [2.24, 2.45) is 11.3 Å². The van der Waals surface area contributed by atoms with Crippen LogP contribution in [0.3, 0.4) is 0 Å². The number of hydrogen-bond acceptors (Lipinski definition) is 3. The second-order valence-corrected chi connectivity index (χ2v) is 7.82. The molecule has 2 aliphatic rings. The molecule has 1 atom stereocenters. The monoisotopic (exact) mass is 256 g/mol. The standard InChI is InChI=1S/C14H28N2S/c1-14(2,3)12-4-7-16(8-5-12)10-13-11-17-9-6-15-13/h12-13,15H,4-11H2,1-3H3. The quantitative estimate of drug-likeness (QED) is 0.817. The van der Waals surface area contributed by atoms with Gasteiger partial charge in [-0.1, -0.05) is 20.8 Å². The van der Waals surface area contributed by atoms with Gasteiger partial charge in [0.2, 0.25) is 0 Å². The first-order chi connectivity index (χ1) is 8.05. The van der Waals surface area contributed by atoms with Crippen LogP contribution in [0, 0.1) is 11.3 Å². The molecule has 2 aliphatic heterocycles. The van der Waals surface area contributed by atoms with Gasteiger partial charge in [0, 0.05) is 30.6 Å². The average Bonchev–Trinajstić information content (AvgIpc) is 2.30. The van der Waals surface area contributed by atoms with Gasteiger partial charge in [0.15, 0.2) is 0 Å². The van der Waals surface area contributed by atoms with Crippen LogP contribution in [0.1, 0.15) is 33.6 Å². The summed E-state index contributed by atoms with van der Waals surface area (Å²) in [5.74, 6) is 3.52. The van der Waals surface area contributed by atoms with Crippen LogP contribution in [-0.4, -0.2) is 48.6 Å². The highest BCUT2D eigenvalue weighted by atomic mass is 32.2. The van der Waals surface area contributed by atoms with Gasteiger partial charge in [0.1, 0.15) is 0 Å². The zero-order chi connectivity index (χ0) is 12.3. The molecule has 0 spiro atoms. The number of nitrogens with zero attached hydrogens (tertiary/aromatic N) is 1. The SMILES string of the molecule is CC(C)(C)C1CCN(CC2CSCCN2)CC1. The second kappa shape index (κ2) is 5.94. The van der Waals surface area contributed by atoms with Gasteiger partial charge in [0.05, 0.1) is 0 Å². The van der Waals surface area contributed by atoms with Crippen molar-refractivity contribution in [3.63, 3.8) is 0 Å². The van der Waals surface area contributed by atoms with E-state index in [1.807, 2.05) is 0 Å². The Morgan fingerprint density at radius 3 is 2.47 bits per heavy atom. The van der Waals surface area contributed by atoms with Crippen molar-refractivity contribution in [1.29, 1.82) is 0 Å². The van der Waals surface area contributed by atoms with Crippen LogP contribution in [0.2, 0.25) is 0 Å². The predicted molar refractivity (Wildman–Crippen MR) is 77.7 cm³/mol. The van der Waals surface area contributed by atoms with E-state index in [1.54, 1.807) is 0 Å². The Labute approximate surface area is 111 Å². The van der Waals surface area contributed by atoms with Crippen molar-refractivity contribution in [1.82, 2.24) is 10.2 Å². The van der Waals surface area contributed by atoms with Gasteiger partial charge in [0.25, 0.3) is 0 Å². The van der Waals surface area contributed by atoms with E-state index in [4.69, 9.17) is 0 Å². The van der Waals surface area contributed by atoms with Gasteiger partial charge in [-0.3, -0.25) is 0 Å². The summed E-state index contributed by atoms with van der Waals surface area (Å²) >= 11 is 2.11. The van der Waals surface area contributed by atoms with E-state index in [0.29, 0.717) is 5.41 Å². The molecule has 100 valence electrons. The zero-order valence-electron chi connectivity index (χ0n) is 11.7. The molecule has 2 heterocycles. The summed E-state index contributed by atoms with van der Waals surface area (Å²) in [5.41, 5.74) is 0.505. The van der Waals surface area contributed by atoms with Gasteiger partial charge >= 0.3 is 0 Å². The molecule has 2 saturated heterocycles. The van der Waals surface area contributed by atoms with Crippen LogP contribution < -0.4 is 5.32 Å². The Morgan fingerprint density at radius 1 is 1.24 bits per heavy atom. The van der Waals surface area contributed by atoms with E-state index in [2.05, 4.69) is 42.7 Å². The highest BCUT2D eigenvalue weighted by Crippen LogP contribution is 2.34. The summed E-state index contributed by atoms with van der Waals surface area (Å²) in [7, 11) is 0.